The fraction of sp³-hybridized carbons (Fsp3) is 0.103. The van der Waals surface area contributed by atoms with E-state index in [-0.39, 0.29) is 52.7 Å². The molecular formula is C29H26O6. The third-order valence-electron chi connectivity index (χ3n) is 5.31. The second kappa shape index (κ2) is 11.5. The van der Waals surface area contributed by atoms with Crippen molar-refractivity contribution < 1.29 is 30.0 Å². The van der Waals surface area contributed by atoms with Crippen LogP contribution in [0.3, 0.4) is 0 Å². The van der Waals surface area contributed by atoms with Gasteiger partial charge in [-0.05, 0) is 73.0 Å². The summed E-state index contributed by atoms with van der Waals surface area (Å²) in [5.74, 6) is -0.752. The predicted molar refractivity (Wildman–Crippen MR) is 135 cm³/mol. The third kappa shape index (κ3) is 7.20. The number of rotatable bonds is 9. The number of phenolic OH excluding ortho intramolecular Hbond substituents is 4. The lowest BCUT2D eigenvalue weighted by molar-refractivity contribution is -0.113. The maximum absolute atomic E-state index is 12.6. The van der Waals surface area contributed by atoms with Crippen LogP contribution in [-0.2, 0) is 11.2 Å². The van der Waals surface area contributed by atoms with Crippen molar-refractivity contribution in [3.63, 3.8) is 0 Å². The average molecular weight is 471 g/mol. The van der Waals surface area contributed by atoms with Gasteiger partial charge < -0.3 is 20.4 Å². The number of ketones is 2. The van der Waals surface area contributed by atoms with Gasteiger partial charge in [0.25, 0.3) is 0 Å². The molecule has 4 N–H and O–H groups in total. The standard InChI is InChI=1S/C29H26O6/c1-19(18-24(32)13-7-20-3-9-22(30)10-4-20)2-14-25-28(34)17-15-26(29(25)35)27(33)16-8-21-5-11-23(31)12-6-21/h2-13,15-17,30-31,34-35H,14,18H2,1H3/b13-7+,16-8+,19-2-. The number of benzene rings is 3. The van der Waals surface area contributed by atoms with Gasteiger partial charge in [-0.2, -0.15) is 0 Å². The number of hydrogen-bond acceptors (Lipinski definition) is 6. The Morgan fingerprint density at radius 1 is 0.743 bits per heavy atom. The number of aromatic hydroxyl groups is 4. The van der Waals surface area contributed by atoms with Crippen molar-refractivity contribution in [2.75, 3.05) is 0 Å². The first-order valence-corrected chi connectivity index (χ1v) is 10.9. The van der Waals surface area contributed by atoms with E-state index in [1.165, 1.54) is 48.6 Å². The molecule has 0 amide bonds. The van der Waals surface area contributed by atoms with Gasteiger partial charge in [-0.25, -0.2) is 0 Å². The van der Waals surface area contributed by atoms with E-state index in [1.54, 1.807) is 49.4 Å². The van der Waals surface area contributed by atoms with E-state index in [1.807, 2.05) is 0 Å². The second-order valence-electron chi connectivity index (χ2n) is 8.07. The molecule has 3 aromatic carbocycles. The SMILES string of the molecule is C/C(=C/Cc1c(O)ccc(C(=O)/C=C/c2ccc(O)cc2)c1O)CC(=O)/C=C/c1ccc(O)cc1. The summed E-state index contributed by atoms with van der Waals surface area (Å²) >= 11 is 0. The van der Waals surface area contributed by atoms with E-state index in [0.29, 0.717) is 5.56 Å². The first-order chi connectivity index (χ1) is 16.7. The smallest absolute Gasteiger partial charge is 0.189 e. The maximum atomic E-state index is 12.6. The van der Waals surface area contributed by atoms with Crippen molar-refractivity contribution in [3.05, 3.63) is 107 Å². The van der Waals surface area contributed by atoms with Crippen molar-refractivity contribution in [1.82, 2.24) is 0 Å². The third-order valence-corrected chi connectivity index (χ3v) is 5.31. The Bertz CT molecular complexity index is 1300. The molecule has 0 unspecified atom stereocenters. The number of carbonyl (C=O) groups is 2. The first kappa shape index (κ1) is 25.1. The second-order valence-corrected chi connectivity index (χ2v) is 8.07. The fourth-order valence-corrected chi connectivity index (χ4v) is 3.33. The molecule has 6 heteroatoms. The van der Waals surface area contributed by atoms with Crippen molar-refractivity contribution >= 4 is 23.7 Å². The van der Waals surface area contributed by atoms with Gasteiger partial charge in [-0.3, -0.25) is 9.59 Å². The zero-order valence-electron chi connectivity index (χ0n) is 19.2. The summed E-state index contributed by atoms with van der Waals surface area (Å²) in [6, 6.07) is 15.5. The van der Waals surface area contributed by atoms with Crippen LogP contribution in [0, 0.1) is 0 Å². The number of hydrogen-bond donors (Lipinski definition) is 4. The van der Waals surface area contributed by atoms with Crippen LogP contribution < -0.4 is 0 Å². The molecule has 0 saturated heterocycles. The van der Waals surface area contributed by atoms with E-state index < -0.39 is 5.78 Å². The van der Waals surface area contributed by atoms with Gasteiger partial charge in [0.2, 0.25) is 0 Å². The summed E-state index contributed by atoms with van der Waals surface area (Å²) in [5.41, 5.74) is 2.48. The fourth-order valence-electron chi connectivity index (χ4n) is 3.33. The summed E-state index contributed by atoms with van der Waals surface area (Å²) in [6.45, 7) is 1.77. The number of carbonyl (C=O) groups excluding carboxylic acids is 2. The molecule has 6 nitrogen and oxygen atoms in total. The average Bonchev–Trinajstić information content (AvgIpc) is 2.83. The summed E-state index contributed by atoms with van der Waals surface area (Å²) in [5, 5.41) is 39.5. The lowest BCUT2D eigenvalue weighted by Gasteiger charge is -2.09. The van der Waals surface area contributed by atoms with Crippen molar-refractivity contribution in [2.24, 2.45) is 0 Å². The minimum atomic E-state index is -0.438. The lowest BCUT2D eigenvalue weighted by atomic mass is 9.99. The molecule has 0 radical (unpaired) electrons. The summed E-state index contributed by atoms with van der Waals surface area (Å²) < 4.78 is 0. The highest BCUT2D eigenvalue weighted by Crippen LogP contribution is 2.32. The Kier molecular flexibility index (Phi) is 8.24. The number of phenols is 4. The van der Waals surface area contributed by atoms with Crippen LogP contribution >= 0.6 is 0 Å². The van der Waals surface area contributed by atoms with Crippen LogP contribution in [-0.4, -0.2) is 32.0 Å². The van der Waals surface area contributed by atoms with Gasteiger partial charge in [-0.15, -0.1) is 0 Å². The molecule has 3 aromatic rings. The van der Waals surface area contributed by atoms with E-state index in [9.17, 15) is 30.0 Å². The van der Waals surface area contributed by atoms with Gasteiger partial charge in [0, 0.05) is 12.0 Å². The molecule has 0 saturated carbocycles. The minimum absolute atomic E-state index is 0.0480. The van der Waals surface area contributed by atoms with Crippen LogP contribution in [0.4, 0.5) is 0 Å². The maximum Gasteiger partial charge on any atom is 0.189 e. The highest BCUT2D eigenvalue weighted by Gasteiger charge is 2.15. The van der Waals surface area contributed by atoms with Gasteiger partial charge in [-0.1, -0.05) is 48.1 Å². The topological polar surface area (TPSA) is 115 Å². The van der Waals surface area contributed by atoms with Gasteiger partial charge in [0.1, 0.15) is 23.0 Å². The molecule has 0 bridgehead atoms. The largest absolute Gasteiger partial charge is 0.508 e. The van der Waals surface area contributed by atoms with Crippen LogP contribution in [0.2, 0.25) is 0 Å². The van der Waals surface area contributed by atoms with E-state index in [2.05, 4.69) is 0 Å². The molecular weight excluding hydrogens is 444 g/mol. The Morgan fingerprint density at radius 2 is 1.29 bits per heavy atom. The zero-order valence-corrected chi connectivity index (χ0v) is 19.2. The Hall–Kier alpha value is -4.58. The van der Waals surface area contributed by atoms with Gasteiger partial charge in [0.15, 0.2) is 11.6 Å². The van der Waals surface area contributed by atoms with Crippen molar-refractivity contribution in [2.45, 2.75) is 19.8 Å². The Labute approximate surface area is 203 Å². The molecule has 35 heavy (non-hydrogen) atoms. The Balaban J connectivity index is 1.67. The molecule has 0 fully saturated rings. The molecule has 0 aliphatic carbocycles. The van der Waals surface area contributed by atoms with Crippen molar-refractivity contribution in [3.8, 4) is 23.0 Å². The van der Waals surface area contributed by atoms with Gasteiger partial charge >= 0.3 is 0 Å². The highest BCUT2D eigenvalue weighted by molar-refractivity contribution is 6.09. The Morgan fingerprint density at radius 3 is 1.86 bits per heavy atom. The summed E-state index contributed by atoms with van der Waals surface area (Å²) in [6.07, 6.45) is 8.01. The molecule has 0 atom stereocenters. The van der Waals surface area contributed by atoms with E-state index >= 15 is 0 Å². The molecule has 0 aliphatic heterocycles. The van der Waals surface area contributed by atoms with Crippen LogP contribution in [0.15, 0.2) is 84.5 Å². The van der Waals surface area contributed by atoms with E-state index in [4.69, 9.17) is 0 Å². The minimum Gasteiger partial charge on any atom is -0.508 e. The molecule has 0 spiro atoms. The normalized spacial score (nSPS) is 11.9. The lowest BCUT2D eigenvalue weighted by Crippen LogP contribution is -1.99. The molecule has 0 heterocycles. The molecule has 178 valence electrons. The van der Waals surface area contributed by atoms with E-state index in [0.717, 1.165) is 11.1 Å². The summed E-state index contributed by atoms with van der Waals surface area (Å²) in [7, 11) is 0. The highest BCUT2D eigenvalue weighted by atomic mass is 16.3. The first-order valence-electron chi connectivity index (χ1n) is 10.9. The quantitative estimate of drug-likeness (QED) is 0.185. The number of allylic oxidation sites excluding steroid dienone is 4. The van der Waals surface area contributed by atoms with Crippen molar-refractivity contribution in [1.29, 1.82) is 0 Å². The monoisotopic (exact) mass is 470 g/mol. The van der Waals surface area contributed by atoms with Crippen LogP contribution in [0.1, 0.15) is 40.4 Å². The molecule has 0 aliphatic rings. The summed E-state index contributed by atoms with van der Waals surface area (Å²) in [4.78, 5) is 24.8. The van der Waals surface area contributed by atoms with Gasteiger partial charge in [0.05, 0.1) is 5.56 Å². The zero-order chi connectivity index (χ0) is 25.4. The van der Waals surface area contributed by atoms with Crippen LogP contribution in [0.25, 0.3) is 12.2 Å². The molecule has 3 rings (SSSR count). The molecule has 0 aromatic heterocycles. The predicted octanol–water partition coefficient (Wildman–Crippen LogP) is 5.57. The van der Waals surface area contributed by atoms with Crippen LogP contribution in [0.5, 0.6) is 23.0 Å².